The van der Waals surface area contributed by atoms with Gasteiger partial charge in [-0.2, -0.15) is 31.6 Å². The van der Waals surface area contributed by atoms with Crippen LogP contribution in [-0.2, 0) is 11.0 Å². The molecular weight excluding hydrogens is 1530 g/mol. The van der Waals surface area contributed by atoms with Crippen molar-refractivity contribution in [3.8, 4) is 36.4 Å². The molecule has 2 radical (unpaired) electrons. The van der Waals surface area contributed by atoms with Crippen LogP contribution in [0.1, 0.15) is 95.5 Å². The first-order valence-corrected chi connectivity index (χ1v) is 26.8. The van der Waals surface area contributed by atoms with Crippen molar-refractivity contribution >= 4 is 79.4 Å². The van der Waals surface area contributed by atoms with Crippen molar-refractivity contribution < 1.29 is 151 Å². The van der Waals surface area contributed by atoms with Gasteiger partial charge in [0.2, 0.25) is 0 Å². The number of carboxylic acid groups (broad SMARTS) is 6. The fourth-order valence-electron chi connectivity index (χ4n) is 7.44. The van der Waals surface area contributed by atoms with Crippen molar-refractivity contribution in [3.63, 3.8) is 0 Å². The largest absolute Gasteiger partial charge is 3.00 e. The quantitative estimate of drug-likeness (QED) is 0.170. The second-order valence-electron chi connectivity index (χ2n) is 18.3. The van der Waals surface area contributed by atoms with Crippen LogP contribution in [0.5, 0.6) is 0 Å². The molecule has 4 aromatic heterocycles. The number of benzene rings is 8. The maximum absolute atomic E-state index is 10.2. The summed E-state index contributed by atoms with van der Waals surface area (Å²) in [5, 5.41) is 116. The molecule has 0 aliphatic rings. The summed E-state index contributed by atoms with van der Waals surface area (Å²) in [6, 6.07) is 68.9. The molecule has 0 fully saturated rings. The first-order chi connectivity index (χ1) is 45.3. The molecule has 12 rings (SSSR count). The number of hydrogen-bond donors (Lipinski definition) is 0. The number of rotatable bonds is 6. The number of aromatic nitrogens is 4. The van der Waals surface area contributed by atoms with Gasteiger partial charge in [0.1, 0.15) is 0 Å². The Balaban J connectivity index is 0.000000558. The number of carbonyl (C=O) groups is 6. The van der Waals surface area contributed by atoms with Gasteiger partial charge in [0.05, 0.1) is 128 Å². The summed E-state index contributed by atoms with van der Waals surface area (Å²) < 4.78 is 0. The van der Waals surface area contributed by atoms with E-state index in [0.717, 1.165) is 43.6 Å². The predicted molar refractivity (Wildman–Crippen MR) is 337 cm³/mol. The van der Waals surface area contributed by atoms with Crippen LogP contribution in [0.4, 0.5) is 0 Å². The SMILES string of the molecule is N#Cc1ccc(C(=O)[O-])cc1.N#Cc1ccc(C(=O)[O-])cc1.N#Cc1ccc(C(=O)[O-])cc1.N#Cc1ccc(C(=O)[O-])cc1.N#Cc1ccc(C(=O)[O-])cc1.N#Cc1ccc(C(=O)[O-])cc1.[OH3+].[OH3+].[Sm+3].[Sm+3].c1cnc2c(c1)ccc1cccnc12.c1cnc2c(c1)ccc1cccnc12. The van der Waals surface area contributed by atoms with Crippen LogP contribution in [0, 0.1) is 149 Å². The zero-order valence-corrected chi connectivity index (χ0v) is 55.7. The third kappa shape index (κ3) is 27.0. The number of aromatic carboxylic acids is 6. The molecule has 8 aromatic carbocycles. The van der Waals surface area contributed by atoms with Crippen LogP contribution in [-0.4, -0.2) is 55.8 Å². The summed E-state index contributed by atoms with van der Waals surface area (Å²) in [6.45, 7) is 0. The van der Waals surface area contributed by atoms with E-state index in [9.17, 15) is 59.4 Å². The number of carbonyl (C=O) groups excluding carboxylic acids is 6. The summed E-state index contributed by atoms with van der Waals surface area (Å²) in [4.78, 5) is 78.6. The van der Waals surface area contributed by atoms with Gasteiger partial charge in [-0.3, -0.25) is 19.9 Å². The van der Waals surface area contributed by atoms with Crippen molar-refractivity contribution in [3.05, 3.63) is 310 Å². The summed E-state index contributed by atoms with van der Waals surface area (Å²) in [5.41, 5.74) is 7.07. The van der Waals surface area contributed by atoms with Gasteiger partial charge in [-0.1, -0.05) is 121 Å². The Morgan fingerprint density at radius 2 is 0.367 bits per heavy atom. The third-order valence-corrected chi connectivity index (χ3v) is 12.2. The monoisotopic (exact) mass is 1580 g/mol. The van der Waals surface area contributed by atoms with E-state index in [2.05, 4.69) is 68.5 Å². The molecule has 0 saturated carbocycles. The molecule has 98 heavy (non-hydrogen) atoms. The van der Waals surface area contributed by atoms with Crippen LogP contribution in [0.15, 0.2) is 243 Å². The van der Waals surface area contributed by atoms with Gasteiger partial charge in [-0.15, -0.1) is 0 Å². The number of nitrogens with zero attached hydrogens (tertiary/aromatic N) is 10. The van der Waals surface area contributed by atoms with Crippen LogP contribution in [0.25, 0.3) is 43.6 Å². The summed E-state index contributed by atoms with van der Waals surface area (Å²) >= 11 is 0. The Hall–Kier alpha value is -12.2. The van der Waals surface area contributed by atoms with Crippen molar-refractivity contribution in [2.24, 2.45) is 0 Å². The van der Waals surface area contributed by atoms with Crippen LogP contribution in [0.3, 0.4) is 0 Å². The Labute approximate surface area is 622 Å². The second-order valence-corrected chi connectivity index (χ2v) is 18.3. The fraction of sp³-hybridized carbons (Fsp3) is 0. The minimum Gasteiger partial charge on any atom is -0.545 e. The predicted octanol–water partition coefficient (Wildman–Crippen LogP) is 3.25. The molecule has 24 nitrogen and oxygen atoms in total. The van der Waals surface area contributed by atoms with Crippen molar-refractivity contribution in [2.75, 3.05) is 0 Å². The number of hydrogen-bond acceptors (Lipinski definition) is 22. The molecule has 12 aromatic rings. The molecule has 0 aliphatic heterocycles. The van der Waals surface area contributed by atoms with Crippen LogP contribution < -0.4 is 30.6 Å². The minimum atomic E-state index is -1.23. The van der Waals surface area contributed by atoms with E-state index < -0.39 is 35.8 Å². The molecule has 478 valence electrons. The summed E-state index contributed by atoms with van der Waals surface area (Å²) in [7, 11) is 0. The zero-order valence-electron chi connectivity index (χ0n) is 50.4. The van der Waals surface area contributed by atoms with Gasteiger partial charge in [0, 0.05) is 46.3 Å². The van der Waals surface area contributed by atoms with E-state index in [0.29, 0.717) is 33.4 Å². The van der Waals surface area contributed by atoms with E-state index in [1.54, 1.807) is 24.8 Å². The van der Waals surface area contributed by atoms with Crippen LogP contribution >= 0.6 is 0 Å². The molecule has 0 bridgehead atoms. The number of carboxylic acids is 6. The molecule has 4 heterocycles. The average molecular weight is 1580 g/mol. The standard InChI is InChI=1S/2C12H8N2.6C8H5NO2.2H2O.2Sm/c2*1-3-9-5-6-10-4-2-8-14-12(10)11(9)13-7-1;6*9-5-6-1-3-7(4-2-6)8(10)11;;;;/h2*1-8H;6*1-4H,(H,10,11);2*1H2;;/q;;;;;;;;;;2*+3/p-4. The van der Waals surface area contributed by atoms with Gasteiger partial charge in [-0.25, -0.2) is 0 Å². The minimum absolute atomic E-state index is 0. The van der Waals surface area contributed by atoms with Gasteiger partial charge in [-0.05, 0) is 130 Å². The number of fused-ring (bicyclic) bond motifs is 6. The average Bonchev–Trinajstić information content (AvgIpc) is 0.807. The first kappa shape index (κ1) is 83.8. The Morgan fingerprint density at radius 1 is 0.235 bits per heavy atom. The van der Waals surface area contributed by atoms with E-state index in [1.165, 1.54) is 146 Å². The fourth-order valence-corrected chi connectivity index (χ4v) is 7.44. The van der Waals surface area contributed by atoms with Crippen molar-refractivity contribution in [1.29, 1.82) is 31.6 Å². The smallest absolute Gasteiger partial charge is 0.545 e. The van der Waals surface area contributed by atoms with Gasteiger partial charge >= 0.3 is 80.8 Å². The number of pyridine rings is 4. The normalized spacial score (nSPS) is 8.92. The van der Waals surface area contributed by atoms with Gasteiger partial charge < -0.3 is 70.4 Å². The molecule has 0 atom stereocenters. The molecule has 6 N–H and O–H groups in total. The zero-order chi connectivity index (χ0) is 68.4. The maximum atomic E-state index is 10.2. The van der Waals surface area contributed by atoms with Gasteiger partial charge in [0.15, 0.2) is 0 Å². The topological polar surface area (TPSA) is 501 Å². The Kier molecular flexibility index (Phi) is 37.9. The van der Waals surface area contributed by atoms with Crippen molar-refractivity contribution in [1.82, 2.24) is 19.9 Å². The van der Waals surface area contributed by atoms with E-state index >= 15 is 0 Å². The van der Waals surface area contributed by atoms with E-state index in [4.69, 9.17) is 31.6 Å². The summed E-state index contributed by atoms with van der Waals surface area (Å²) in [5.74, 6) is -7.36. The first-order valence-electron chi connectivity index (χ1n) is 26.8. The van der Waals surface area contributed by atoms with Gasteiger partial charge in [0.25, 0.3) is 0 Å². The maximum Gasteiger partial charge on any atom is 3.00 e. The molecule has 0 spiro atoms. The molecule has 0 amide bonds. The van der Waals surface area contributed by atoms with Crippen molar-refractivity contribution in [2.45, 2.75) is 0 Å². The molecular formula is C72H46N10O14Sm2+2. The number of nitriles is 6. The third-order valence-electron chi connectivity index (χ3n) is 12.2. The molecule has 26 heteroatoms. The van der Waals surface area contributed by atoms with E-state index in [-0.39, 0.29) is 125 Å². The Bertz CT molecular complexity index is 4190. The Morgan fingerprint density at radius 3 is 0.480 bits per heavy atom. The molecule has 0 aliphatic carbocycles. The summed E-state index contributed by atoms with van der Waals surface area (Å²) in [6.07, 6.45) is 7.21. The molecule has 0 saturated heterocycles. The second kappa shape index (κ2) is 44.4. The van der Waals surface area contributed by atoms with Crippen LogP contribution in [0.2, 0.25) is 0 Å². The molecule has 0 unspecified atom stereocenters. The van der Waals surface area contributed by atoms with E-state index in [1.807, 2.05) is 60.7 Å².